The standard InChI is InChI=1S/C17H25N3O2S/c1-11(2)20-8-7-15(12(20)3)17(21)19(5)9-14-10-23-16(18-14)13(4)22-6/h7-8,10-11,13H,9H2,1-6H3. The van der Waals surface area contributed by atoms with Crippen LogP contribution in [-0.4, -0.2) is 34.5 Å². The second-order valence-electron chi connectivity index (χ2n) is 6.03. The summed E-state index contributed by atoms with van der Waals surface area (Å²) in [5.41, 5.74) is 2.65. The minimum atomic E-state index is -0.0166. The molecule has 5 nitrogen and oxygen atoms in total. The van der Waals surface area contributed by atoms with Crippen molar-refractivity contribution in [3.05, 3.63) is 39.6 Å². The first-order valence-electron chi connectivity index (χ1n) is 7.75. The number of carbonyl (C=O) groups excluding carboxylic acids is 1. The molecule has 1 amide bonds. The minimum absolute atomic E-state index is 0.0166. The van der Waals surface area contributed by atoms with E-state index >= 15 is 0 Å². The summed E-state index contributed by atoms with van der Waals surface area (Å²) < 4.78 is 7.39. The van der Waals surface area contributed by atoms with E-state index in [0.29, 0.717) is 12.6 Å². The molecule has 2 aromatic heterocycles. The van der Waals surface area contributed by atoms with Crippen molar-refractivity contribution in [3.8, 4) is 0 Å². The van der Waals surface area contributed by atoms with Gasteiger partial charge in [0.05, 0.1) is 17.8 Å². The average molecular weight is 335 g/mol. The maximum atomic E-state index is 12.7. The van der Waals surface area contributed by atoms with Crippen molar-refractivity contribution in [2.24, 2.45) is 0 Å². The maximum Gasteiger partial charge on any atom is 0.255 e. The number of nitrogens with zero attached hydrogens (tertiary/aromatic N) is 3. The van der Waals surface area contributed by atoms with Crippen LogP contribution in [0, 0.1) is 6.92 Å². The van der Waals surface area contributed by atoms with Gasteiger partial charge in [0.1, 0.15) is 11.1 Å². The molecule has 2 aromatic rings. The molecule has 1 atom stereocenters. The monoisotopic (exact) mass is 335 g/mol. The molecule has 0 saturated heterocycles. The van der Waals surface area contributed by atoms with Crippen molar-refractivity contribution in [1.29, 1.82) is 0 Å². The van der Waals surface area contributed by atoms with E-state index in [1.807, 2.05) is 38.5 Å². The third-order valence-electron chi connectivity index (χ3n) is 3.98. The number of aromatic nitrogens is 2. The Morgan fingerprint density at radius 3 is 2.70 bits per heavy atom. The van der Waals surface area contributed by atoms with Gasteiger partial charge in [-0.2, -0.15) is 0 Å². The van der Waals surface area contributed by atoms with Gasteiger partial charge in [0.25, 0.3) is 5.91 Å². The number of methoxy groups -OCH3 is 1. The van der Waals surface area contributed by atoms with Crippen LogP contribution in [0.2, 0.25) is 0 Å². The number of hydrogen-bond donors (Lipinski definition) is 0. The topological polar surface area (TPSA) is 47.4 Å². The van der Waals surface area contributed by atoms with Crippen LogP contribution in [0.5, 0.6) is 0 Å². The molecule has 126 valence electrons. The largest absolute Gasteiger partial charge is 0.375 e. The normalized spacial score (nSPS) is 12.7. The molecule has 0 spiro atoms. The number of amides is 1. The predicted molar refractivity (Wildman–Crippen MR) is 92.9 cm³/mol. The Labute approximate surface area is 141 Å². The Bertz CT molecular complexity index is 675. The smallest absolute Gasteiger partial charge is 0.255 e. The van der Waals surface area contributed by atoms with Crippen LogP contribution in [-0.2, 0) is 11.3 Å². The average Bonchev–Trinajstić information content (AvgIpc) is 3.12. The van der Waals surface area contributed by atoms with Gasteiger partial charge in [0.2, 0.25) is 0 Å². The number of hydrogen-bond acceptors (Lipinski definition) is 4. The highest BCUT2D eigenvalue weighted by molar-refractivity contribution is 7.09. The molecule has 1 unspecified atom stereocenters. The second kappa shape index (κ2) is 7.27. The van der Waals surface area contributed by atoms with E-state index in [9.17, 15) is 4.79 Å². The zero-order chi connectivity index (χ0) is 17.1. The van der Waals surface area contributed by atoms with Gasteiger partial charge in [-0.1, -0.05) is 0 Å². The summed E-state index contributed by atoms with van der Waals surface area (Å²) in [6.45, 7) is 8.67. The predicted octanol–water partition coefficient (Wildman–Crippen LogP) is 3.81. The second-order valence-corrected chi connectivity index (χ2v) is 6.92. The highest BCUT2D eigenvalue weighted by Crippen LogP contribution is 2.22. The third-order valence-corrected chi connectivity index (χ3v) is 5.04. The van der Waals surface area contributed by atoms with E-state index in [-0.39, 0.29) is 12.0 Å². The van der Waals surface area contributed by atoms with Gasteiger partial charge in [0, 0.05) is 37.5 Å². The zero-order valence-electron chi connectivity index (χ0n) is 14.7. The van der Waals surface area contributed by atoms with E-state index in [2.05, 4.69) is 23.4 Å². The lowest BCUT2D eigenvalue weighted by atomic mass is 10.2. The van der Waals surface area contributed by atoms with Gasteiger partial charge in [-0.3, -0.25) is 4.79 Å². The number of carbonyl (C=O) groups is 1. The van der Waals surface area contributed by atoms with Crippen LogP contribution in [0.1, 0.15) is 59.7 Å². The molecular weight excluding hydrogens is 310 g/mol. The maximum absolute atomic E-state index is 12.7. The molecular formula is C17H25N3O2S. The Hall–Kier alpha value is -1.66. The van der Waals surface area contributed by atoms with Crippen molar-refractivity contribution in [1.82, 2.24) is 14.5 Å². The SMILES string of the molecule is COC(C)c1nc(CN(C)C(=O)c2ccn(C(C)C)c2C)cs1. The van der Waals surface area contributed by atoms with E-state index in [1.54, 1.807) is 23.3 Å². The molecule has 0 radical (unpaired) electrons. The van der Waals surface area contributed by atoms with Crippen LogP contribution in [0.25, 0.3) is 0 Å². The van der Waals surface area contributed by atoms with Crippen LogP contribution in [0.3, 0.4) is 0 Å². The van der Waals surface area contributed by atoms with Crippen molar-refractivity contribution in [3.63, 3.8) is 0 Å². The fraction of sp³-hybridized carbons (Fsp3) is 0.529. The van der Waals surface area contributed by atoms with Gasteiger partial charge in [-0.05, 0) is 33.8 Å². The van der Waals surface area contributed by atoms with Crippen LogP contribution in [0.15, 0.2) is 17.6 Å². The lowest BCUT2D eigenvalue weighted by Crippen LogP contribution is -2.27. The quantitative estimate of drug-likeness (QED) is 0.806. The van der Waals surface area contributed by atoms with E-state index < -0.39 is 0 Å². The summed E-state index contributed by atoms with van der Waals surface area (Å²) >= 11 is 1.56. The number of thiazole rings is 1. The molecule has 2 rings (SSSR count). The van der Waals surface area contributed by atoms with E-state index in [1.165, 1.54) is 0 Å². The number of ether oxygens (including phenoxy) is 1. The minimum Gasteiger partial charge on any atom is -0.375 e. The Balaban J connectivity index is 2.10. The molecule has 0 aliphatic carbocycles. The molecule has 0 N–H and O–H groups in total. The van der Waals surface area contributed by atoms with E-state index in [0.717, 1.165) is 22.0 Å². The molecule has 2 heterocycles. The summed E-state index contributed by atoms with van der Waals surface area (Å²) in [6.07, 6.45) is 1.96. The zero-order valence-corrected chi connectivity index (χ0v) is 15.5. The molecule has 0 aliphatic rings. The van der Waals surface area contributed by atoms with Crippen LogP contribution < -0.4 is 0 Å². The fourth-order valence-corrected chi connectivity index (χ4v) is 3.36. The third kappa shape index (κ3) is 3.82. The molecule has 0 bridgehead atoms. The highest BCUT2D eigenvalue weighted by atomic mass is 32.1. The van der Waals surface area contributed by atoms with Crippen LogP contribution >= 0.6 is 11.3 Å². The summed E-state index contributed by atoms with van der Waals surface area (Å²) in [6, 6.07) is 2.24. The molecule has 0 aromatic carbocycles. The summed E-state index contributed by atoms with van der Waals surface area (Å²) in [7, 11) is 3.48. The van der Waals surface area contributed by atoms with Gasteiger partial charge < -0.3 is 14.2 Å². The number of rotatable bonds is 6. The van der Waals surface area contributed by atoms with Crippen LogP contribution in [0.4, 0.5) is 0 Å². The lowest BCUT2D eigenvalue weighted by Gasteiger charge is -2.17. The molecule has 0 fully saturated rings. The van der Waals surface area contributed by atoms with Gasteiger partial charge in [0.15, 0.2) is 0 Å². The highest BCUT2D eigenvalue weighted by Gasteiger charge is 2.19. The first-order chi connectivity index (χ1) is 10.8. The first kappa shape index (κ1) is 17.7. The van der Waals surface area contributed by atoms with Gasteiger partial charge in [-0.25, -0.2) is 4.98 Å². The van der Waals surface area contributed by atoms with Crippen molar-refractivity contribution in [2.45, 2.75) is 46.4 Å². The Morgan fingerprint density at radius 1 is 1.43 bits per heavy atom. The molecule has 23 heavy (non-hydrogen) atoms. The molecule has 0 aliphatic heterocycles. The lowest BCUT2D eigenvalue weighted by molar-refractivity contribution is 0.0782. The summed E-state index contributed by atoms with van der Waals surface area (Å²) in [5.74, 6) is 0.0243. The summed E-state index contributed by atoms with van der Waals surface area (Å²) in [4.78, 5) is 18.9. The first-order valence-corrected chi connectivity index (χ1v) is 8.63. The Kier molecular flexibility index (Phi) is 5.59. The molecule has 0 saturated carbocycles. The van der Waals surface area contributed by atoms with E-state index in [4.69, 9.17) is 4.74 Å². The fourth-order valence-electron chi connectivity index (χ4n) is 2.52. The van der Waals surface area contributed by atoms with Gasteiger partial charge in [-0.15, -0.1) is 11.3 Å². The van der Waals surface area contributed by atoms with Crippen molar-refractivity contribution < 1.29 is 9.53 Å². The molecule has 6 heteroatoms. The summed E-state index contributed by atoms with van der Waals surface area (Å²) in [5, 5.41) is 2.92. The van der Waals surface area contributed by atoms with Crippen molar-refractivity contribution >= 4 is 17.2 Å². The van der Waals surface area contributed by atoms with Gasteiger partial charge >= 0.3 is 0 Å². The van der Waals surface area contributed by atoms with Crippen molar-refractivity contribution in [2.75, 3.05) is 14.2 Å². The Morgan fingerprint density at radius 2 is 2.13 bits per heavy atom.